The van der Waals surface area contributed by atoms with Gasteiger partial charge >= 0.3 is 0 Å². The van der Waals surface area contributed by atoms with Crippen LogP contribution in [-0.4, -0.2) is 26.9 Å². The summed E-state index contributed by atoms with van der Waals surface area (Å²) in [6.07, 6.45) is 8.67. The predicted molar refractivity (Wildman–Crippen MR) is 78.4 cm³/mol. The molecule has 4 nitrogen and oxygen atoms in total. The third-order valence-corrected chi connectivity index (χ3v) is 5.01. The Kier molecular flexibility index (Phi) is 6.77. The molecule has 0 aromatic rings. The summed E-state index contributed by atoms with van der Waals surface area (Å²) < 4.78 is 29.0. The summed E-state index contributed by atoms with van der Waals surface area (Å²) >= 11 is 0. The molecule has 0 amide bonds. The average Bonchev–Trinajstić information content (AvgIpc) is 2.77. The first-order valence-corrected chi connectivity index (χ1v) is 9.24. The van der Waals surface area contributed by atoms with Gasteiger partial charge in [-0.05, 0) is 25.7 Å². The van der Waals surface area contributed by atoms with Crippen molar-refractivity contribution in [3.63, 3.8) is 0 Å². The Bertz CT molecular complexity index is 342. The highest BCUT2D eigenvalue weighted by Crippen LogP contribution is 2.33. The Hall–Kier alpha value is -0.130. The second kappa shape index (κ2) is 7.60. The summed E-state index contributed by atoms with van der Waals surface area (Å²) in [7, 11) is -3.45. The molecule has 0 bridgehead atoms. The average molecular weight is 291 g/mol. The van der Waals surface area contributed by atoms with Gasteiger partial charge in [-0.3, -0.25) is 0 Å². The van der Waals surface area contributed by atoms with Gasteiger partial charge in [0.05, 0.1) is 18.5 Å². The molecule has 0 radical (unpaired) electrons. The maximum Gasteiger partial charge on any atom is 0.209 e. The van der Waals surface area contributed by atoms with Crippen molar-refractivity contribution in [3.05, 3.63) is 0 Å². The molecule has 0 spiro atoms. The van der Waals surface area contributed by atoms with Gasteiger partial charge in [-0.2, -0.15) is 0 Å². The minimum absolute atomic E-state index is 0.0500. The van der Waals surface area contributed by atoms with Gasteiger partial charge < -0.3 is 4.74 Å². The van der Waals surface area contributed by atoms with Crippen LogP contribution in [0.15, 0.2) is 0 Å². The Morgan fingerprint density at radius 1 is 1.16 bits per heavy atom. The van der Waals surface area contributed by atoms with Crippen LogP contribution in [0, 0.1) is 5.41 Å². The van der Waals surface area contributed by atoms with Gasteiger partial charge in [0.2, 0.25) is 10.0 Å². The predicted octanol–water partition coefficient (Wildman–Crippen LogP) is 2.82. The summed E-state index contributed by atoms with van der Waals surface area (Å²) in [5.74, 6) is 0.0500. The Balaban J connectivity index is 2.69. The standard InChI is InChI=1S/C14H29NO3S/c1-3-9-14(10-4-2,12-19(15,16)17)11-18-13-7-5-6-8-13/h13H,3-12H2,1-2H3,(H2,15,16,17). The van der Waals surface area contributed by atoms with Crippen LogP contribution in [0.4, 0.5) is 0 Å². The summed E-state index contributed by atoms with van der Waals surface area (Å²) in [5.41, 5.74) is -0.292. The fourth-order valence-corrected chi connectivity index (χ4v) is 4.52. The molecule has 5 heteroatoms. The minimum Gasteiger partial charge on any atom is -0.378 e. The number of rotatable bonds is 9. The molecule has 0 aliphatic heterocycles. The number of hydrogen-bond acceptors (Lipinski definition) is 3. The molecule has 0 aromatic heterocycles. The summed E-state index contributed by atoms with van der Waals surface area (Å²) in [4.78, 5) is 0. The molecule has 0 unspecified atom stereocenters. The molecule has 0 saturated heterocycles. The third kappa shape index (κ3) is 6.23. The number of hydrogen-bond donors (Lipinski definition) is 1. The molecule has 0 heterocycles. The molecule has 114 valence electrons. The Labute approximate surface area is 118 Å². The van der Waals surface area contributed by atoms with Crippen molar-refractivity contribution in [1.82, 2.24) is 0 Å². The van der Waals surface area contributed by atoms with E-state index in [0.29, 0.717) is 12.7 Å². The molecule has 1 aliphatic carbocycles. The maximum atomic E-state index is 11.5. The summed E-state index contributed by atoms with van der Waals surface area (Å²) in [6.45, 7) is 4.71. The molecular weight excluding hydrogens is 262 g/mol. The van der Waals surface area contributed by atoms with Crippen LogP contribution in [0.3, 0.4) is 0 Å². The smallest absolute Gasteiger partial charge is 0.209 e. The van der Waals surface area contributed by atoms with Crippen molar-refractivity contribution in [2.24, 2.45) is 10.6 Å². The Morgan fingerprint density at radius 3 is 2.11 bits per heavy atom. The van der Waals surface area contributed by atoms with Crippen molar-refractivity contribution in [2.75, 3.05) is 12.4 Å². The van der Waals surface area contributed by atoms with Crippen LogP contribution in [-0.2, 0) is 14.8 Å². The summed E-state index contributed by atoms with van der Waals surface area (Å²) in [6, 6.07) is 0. The molecule has 1 aliphatic rings. The summed E-state index contributed by atoms with van der Waals surface area (Å²) in [5, 5.41) is 5.28. The molecular formula is C14H29NO3S. The van der Waals surface area contributed by atoms with Crippen LogP contribution in [0.25, 0.3) is 0 Å². The zero-order valence-electron chi connectivity index (χ0n) is 12.4. The van der Waals surface area contributed by atoms with Gasteiger partial charge in [-0.15, -0.1) is 0 Å². The van der Waals surface area contributed by atoms with Gasteiger partial charge in [0.1, 0.15) is 0 Å². The molecule has 1 fully saturated rings. The van der Waals surface area contributed by atoms with E-state index in [1.165, 1.54) is 12.8 Å². The van der Waals surface area contributed by atoms with Crippen molar-refractivity contribution in [3.8, 4) is 0 Å². The van der Waals surface area contributed by atoms with Crippen molar-refractivity contribution < 1.29 is 13.2 Å². The number of ether oxygens (including phenoxy) is 1. The van der Waals surface area contributed by atoms with E-state index < -0.39 is 10.0 Å². The maximum absolute atomic E-state index is 11.5. The first-order valence-electron chi connectivity index (χ1n) is 7.53. The fraction of sp³-hybridized carbons (Fsp3) is 1.00. The fourth-order valence-electron chi connectivity index (χ4n) is 3.29. The minimum atomic E-state index is -3.45. The van der Waals surface area contributed by atoms with Crippen LogP contribution in [0.2, 0.25) is 0 Å². The van der Waals surface area contributed by atoms with Gasteiger partial charge in [0.15, 0.2) is 0 Å². The Morgan fingerprint density at radius 2 is 1.68 bits per heavy atom. The first kappa shape index (κ1) is 16.9. The van der Waals surface area contributed by atoms with Crippen LogP contribution >= 0.6 is 0 Å². The van der Waals surface area contributed by atoms with Crippen molar-refractivity contribution >= 4 is 10.0 Å². The normalized spacial score (nSPS) is 18.1. The second-order valence-electron chi connectivity index (χ2n) is 6.02. The zero-order valence-corrected chi connectivity index (χ0v) is 13.2. The lowest BCUT2D eigenvalue weighted by Gasteiger charge is -2.33. The molecule has 1 rings (SSSR count). The van der Waals surface area contributed by atoms with Crippen molar-refractivity contribution in [1.29, 1.82) is 0 Å². The lowest BCUT2D eigenvalue weighted by molar-refractivity contribution is -0.00576. The first-order chi connectivity index (χ1) is 8.91. The molecule has 0 atom stereocenters. The largest absolute Gasteiger partial charge is 0.378 e. The lowest BCUT2D eigenvalue weighted by atomic mass is 9.82. The van der Waals surface area contributed by atoms with E-state index in [-0.39, 0.29) is 11.2 Å². The highest BCUT2D eigenvalue weighted by Gasteiger charge is 2.34. The SMILES string of the molecule is CCCC(CCC)(COC1CCCC1)CS(N)(=O)=O. The lowest BCUT2D eigenvalue weighted by Crippen LogP contribution is -2.38. The monoisotopic (exact) mass is 291 g/mol. The van der Waals surface area contributed by atoms with Gasteiger partial charge in [-0.25, -0.2) is 13.6 Å². The topological polar surface area (TPSA) is 69.4 Å². The highest BCUT2D eigenvalue weighted by molar-refractivity contribution is 7.89. The van der Waals surface area contributed by atoms with Gasteiger partial charge in [0, 0.05) is 5.41 Å². The van der Waals surface area contributed by atoms with E-state index in [4.69, 9.17) is 9.88 Å². The molecule has 0 aromatic carbocycles. The van der Waals surface area contributed by atoms with Crippen LogP contribution in [0.1, 0.15) is 65.2 Å². The van der Waals surface area contributed by atoms with Crippen molar-refractivity contribution in [2.45, 2.75) is 71.3 Å². The van der Waals surface area contributed by atoms with Gasteiger partial charge in [-0.1, -0.05) is 39.5 Å². The highest BCUT2D eigenvalue weighted by atomic mass is 32.2. The van der Waals surface area contributed by atoms with Crippen LogP contribution in [0.5, 0.6) is 0 Å². The van der Waals surface area contributed by atoms with E-state index >= 15 is 0 Å². The van der Waals surface area contributed by atoms with E-state index in [9.17, 15) is 8.42 Å². The number of nitrogens with two attached hydrogens (primary N) is 1. The second-order valence-corrected chi connectivity index (χ2v) is 7.64. The third-order valence-electron chi connectivity index (χ3n) is 4.00. The van der Waals surface area contributed by atoms with Gasteiger partial charge in [0.25, 0.3) is 0 Å². The quantitative estimate of drug-likeness (QED) is 0.710. The molecule has 2 N–H and O–H groups in total. The molecule has 1 saturated carbocycles. The zero-order chi connectivity index (χ0) is 14.4. The van der Waals surface area contributed by atoms with E-state index in [0.717, 1.165) is 38.5 Å². The molecule has 19 heavy (non-hydrogen) atoms. The number of sulfonamides is 1. The van der Waals surface area contributed by atoms with E-state index in [1.54, 1.807) is 0 Å². The van der Waals surface area contributed by atoms with E-state index in [2.05, 4.69) is 13.8 Å². The number of primary sulfonamides is 1. The van der Waals surface area contributed by atoms with E-state index in [1.807, 2.05) is 0 Å². The van der Waals surface area contributed by atoms with Crippen LogP contribution < -0.4 is 5.14 Å².